The van der Waals surface area contributed by atoms with Crippen LogP contribution in [0.15, 0.2) is 48.7 Å². The standard InChI is InChI=1S/C20H21N5O/c26-18-13-20(14-21-18)7-10-24(11-8-20)19-12-16(15-4-2-1-3-5-15)23-17-6-9-22-25(17)19/h1-6,9,12H,7-8,10-11,13-14H2,(H,21,26). The molecular formula is C20H21N5O. The van der Waals surface area contributed by atoms with Crippen molar-refractivity contribution in [2.45, 2.75) is 19.3 Å². The van der Waals surface area contributed by atoms with Crippen LogP contribution in [0.5, 0.6) is 0 Å². The van der Waals surface area contributed by atoms with Crippen molar-refractivity contribution >= 4 is 17.4 Å². The molecule has 2 aliphatic rings. The van der Waals surface area contributed by atoms with Crippen LogP contribution >= 0.6 is 0 Å². The van der Waals surface area contributed by atoms with E-state index in [1.165, 1.54) is 0 Å². The predicted molar refractivity (Wildman–Crippen MR) is 99.9 cm³/mol. The Balaban J connectivity index is 1.49. The number of hydrogen-bond donors (Lipinski definition) is 1. The summed E-state index contributed by atoms with van der Waals surface area (Å²) in [6.45, 7) is 2.69. The highest BCUT2D eigenvalue weighted by Gasteiger charge is 2.41. The number of carbonyl (C=O) groups is 1. The van der Waals surface area contributed by atoms with Crippen LogP contribution in [0.4, 0.5) is 5.82 Å². The van der Waals surface area contributed by atoms with Gasteiger partial charge in [-0.25, -0.2) is 4.98 Å². The molecule has 1 N–H and O–H groups in total. The molecular weight excluding hydrogens is 326 g/mol. The van der Waals surface area contributed by atoms with Crippen molar-refractivity contribution in [1.82, 2.24) is 19.9 Å². The van der Waals surface area contributed by atoms with Gasteiger partial charge in [0.15, 0.2) is 5.65 Å². The first kappa shape index (κ1) is 15.4. The van der Waals surface area contributed by atoms with Crippen molar-refractivity contribution < 1.29 is 4.79 Å². The molecule has 0 bridgehead atoms. The number of rotatable bonds is 2. The number of carbonyl (C=O) groups excluding carboxylic acids is 1. The predicted octanol–water partition coefficient (Wildman–Crippen LogP) is 2.50. The van der Waals surface area contributed by atoms with E-state index in [4.69, 9.17) is 4.98 Å². The van der Waals surface area contributed by atoms with Crippen LogP contribution in [0.1, 0.15) is 19.3 Å². The monoisotopic (exact) mass is 347 g/mol. The van der Waals surface area contributed by atoms with Gasteiger partial charge in [-0.15, -0.1) is 0 Å². The van der Waals surface area contributed by atoms with Gasteiger partial charge in [0.1, 0.15) is 5.82 Å². The minimum absolute atomic E-state index is 0.145. The van der Waals surface area contributed by atoms with Gasteiger partial charge in [-0.05, 0) is 18.3 Å². The zero-order chi connectivity index (χ0) is 17.6. The third-order valence-corrected chi connectivity index (χ3v) is 5.75. The molecule has 1 amide bonds. The van der Waals surface area contributed by atoms with Gasteiger partial charge in [-0.1, -0.05) is 30.3 Å². The van der Waals surface area contributed by atoms with Gasteiger partial charge in [0, 0.05) is 43.8 Å². The molecule has 1 spiro atoms. The summed E-state index contributed by atoms with van der Waals surface area (Å²) < 4.78 is 1.92. The molecule has 0 atom stereocenters. The average Bonchev–Trinajstić information content (AvgIpc) is 3.29. The Morgan fingerprint density at radius 3 is 2.62 bits per heavy atom. The largest absolute Gasteiger partial charge is 0.356 e. The van der Waals surface area contributed by atoms with Crippen LogP contribution in [-0.4, -0.2) is 40.1 Å². The number of anilines is 1. The second-order valence-electron chi connectivity index (χ2n) is 7.41. The Kier molecular flexibility index (Phi) is 3.45. The second-order valence-corrected chi connectivity index (χ2v) is 7.41. The first-order chi connectivity index (χ1) is 12.7. The van der Waals surface area contributed by atoms with Gasteiger partial charge in [-0.3, -0.25) is 4.79 Å². The number of hydrogen-bond acceptors (Lipinski definition) is 4. The molecule has 0 saturated carbocycles. The Labute approximate surface area is 151 Å². The normalized spacial score (nSPS) is 19.2. The van der Waals surface area contributed by atoms with Gasteiger partial charge in [-0.2, -0.15) is 9.61 Å². The van der Waals surface area contributed by atoms with Gasteiger partial charge in [0.25, 0.3) is 0 Å². The van der Waals surface area contributed by atoms with Crippen LogP contribution < -0.4 is 10.2 Å². The van der Waals surface area contributed by atoms with Crippen molar-refractivity contribution in [2.24, 2.45) is 5.41 Å². The summed E-state index contributed by atoms with van der Waals surface area (Å²) in [6, 6.07) is 14.3. The number of aromatic nitrogens is 3. The zero-order valence-corrected chi connectivity index (χ0v) is 14.6. The molecule has 2 fully saturated rings. The summed E-state index contributed by atoms with van der Waals surface area (Å²) in [6.07, 6.45) is 4.52. The number of nitrogens with one attached hydrogen (secondary N) is 1. The van der Waals surface area contributed by atoms with Crippen molar-refractivity contribution in [3.05, 3.63) is 48.7 Å². The van der Waals surface area contributed by atoms with Crippen LogP contribution in [0.3, 0.4) is 0 Å². The highest BCUT2D eigenvalue weighted by atomic mass is 16.1. The lowest BCUT2D eigenvalue weighted by molar-refractivity contribution is -0.119. The summed E-state index contributed by atoms with van der Waals surface area (Å²) in [7, 11) is 0. The fourth-order valence-electron chi connectivity index (χ4n) is 4.19. The molecule has 6 heteroatoms. The van der Waals surface area contributed by atoms with E-state index in [1.54, 1.807) is 6.20 Å². The summed E-state index contributed by atoms with van der Waals surface area (Å²) >= 11 is 0. The van der Waals surface area contributed by atoms with Crippen LogP contribution in [0.25, 0.3) is 16.9 Å². The molecule has 1 aromatic carbocycles. The molecule has 2 aliphatic heterocycles. The SMILES string of the molecule is O=C1CC2(CCN(c3cc(-c4ccccc4)nc4ccnn34)CC2)CN1. The van der Waals surface area contributed by atoms with Crippen molar-refractivity contribution in [3.8, 4) is 11.3 Å². The van der Waals surface area contributed by atoms with E-state index in [0.29, 0.717) is 6.42 Å². The average molecular weight is 347 g/mol. The smallest absolute Gasteiger partial charge is 0.220 e. The Bertz CT molecular complexity index is 957. The molecule has 2 aromatic heterocycles. The molecule has 26 heavy (non-hydrogen) atoms. The fourth-order valence-corrected chi connectivity index (χ4v) is 4.19. The van der Waals surface area contributed by atoms with E-state index < -0.39 is 0 Å². The molecule has 4 heterocycles. The number of nitrogens with zero attached hydrogens (tertiary/aromatic N) is 4. The van der Waals surface area contributed by atoms with E-state index in [2.05, 4.69) is 33.5 Å². The summed E-state index contributed by atoms with van der Waals surface area (Å²) in [5.41, 5.74) is 3.08. The minimum Gasteiger partial charge on any atom is -0.356 e. The van der Waals surface area contributed by atoms with E-state index in [0.717, 1.165) is 55.2 Å². The Hall–Kier alpha value is -2.89. The number of piperidine rings is 1. The maximum atomic E-state index is 11.7. The molecule has 3 aromatic rings. The number of amides is 1. The Morgan fingerprint density at radius 2 is 1.88 bits per heavy atom. The molecule has 5 rings (SSSR count). The first-order valence-corrected chi connectivity index (χ1v) is 9.14. The zero-order valence-electron chi connectivity index (χ0n) is 14.6. The fraction of sp³-hybridized carbons (Fsp3) is 0.350. The maximum Gasteiger partial charge on any atom is 0.220 e. The van der Waals surface area contributed by atoms with E-state index in [1.807, 2.05) is 28.8 Å². The lowest BCUT2D eigenvalue weighted by Gasteiger charge is -2.39. The molecule has 132 valence electrons. The van der Waals surface area contributed by atoms with Crippen molar-refractivity contribution in [2.75, 3.05) is 24.5 Å². The maximum absolute atomic E-state index is 11.7. The third kappa shape index (κ3) is 2.53. The van der Waals surface area contributed by atoms with Gasteiger partial charge >= 0.3 is 0 Å². The summed E-state index contributed by atoms with van der Waals surface area (Å²) in [4.78, 5) is 18.8. The topological polar surface area (TPSA) is 62.5 Å². The molecule has 0 radical (unpaired) electrons. The Morgan fingerprint density at radius 1 is 1.08 bits per heavy atom. The van der Waals surface area contributed by atoms with Gasteiger partial charge in [0.05, 0.1) is 11.9 Å². The third-order valence-electron chi connectivity index (χ3n) is 5.75. The van der Waals surface area contributed by atoms with Crippen molar-refractivity contribution in [3.63, 3.8) is 0 Å². The minimum atomic E-state index is 0.145. The van der Waals surface area contributed by atoms with Crippen LogP contribution in [-0.2, 0) is 4.79 Å². The first-order valence-electron chi connectivity index (χ1n) is 9.14. The summed E-state index contributed by atoms with van der Waals surface area (Å²) in [5, 5.41) is 7.48. The quantitative estimate of drug-likeness (QED) is 0.774. The number of fused-ring (bicyclic) bond motifs is 1. The lowest BCUT2D eigenvalue weighted by Crippen LogP contribution is -2.42. The molecule has 2 saturated heterocycles. The van der Waals surface area contributed by atoms with Crippen LogP contribution in [0, 0.1) is 5.41 Å². The van der Waals surface area contributed by atoms with Crippen molar-refractivity contribution in [1.29, 1.82) is 0 Å². The van der Waals surface area contributed by atoms with Gasteiger partial charge < -0.3 is 10.2 Å². The second kappa shape index (κ2) is 5.83. The highest BCUT2D eigenvalue weighted by molar-refractivity contribution is 5.79. The van der Waals surface area contributed by atoms with E-state index in [9.17, 15) is 4.79 Å². The molecule has 6 nitrogen and oxygen atoms in total. The lowest BCUT2D eigenvalue weighted by atomic mass is 9.77. The molecule has 0 unspecified atom stereocenters. The van der Waals surface area contributed by atoms with E-state index in [-0.39, 0.29) is 11.3 Å². The highest BCUT2D eigenvalue weighted by Crippen LogP contribution is 2.39. The summed E-state index contributed by atoms with van der Waals surface area (Å²) in [5.74, 6) is 1.27. The number of benzene rings is 1. The van der Waals surface area contributed by atoms with Gasteiger partial charge in [0.2, 0.25) is 5.91 Å². The van der Waals surface area contributed by atoms with E-state index >= 15 is 0 Å². The van der Waals surface area contributed by atoms with Crippen LogP contribution in [0.2, 0.25) is 0 Å². The molecule has 0 aliphatic carbocycles.